The summed E-state index contributed by atoms with van der Waals surface area (Å²) in [5.74, 6) is 0.554. The van der Waals surface area contributed by atoms with E-state index in [-0.39, 0.29) is 6.04 Å². The molecule has 20 heavy (non-hydrogen) atoms. The molecule has 1 unspecified atom stereocenters. The lowest BCUT2D eigenvalue weighted by Gasteiger charge is -2.25. The molecule has 1 N–H and O–H groups in total. The Kier molecular flexibility index (Phi) is 5.08. The number of rotatable bonds is 5. The second kappa shape index (κ2) is 6.61. The summed E-state index contributed by atoms with van der Waals surface area (Å²) < 4.78 is 37.8. The molecule has 0 amide bonds. The van der Waals surface area contributed by atoms with Gasteiger partial charge in [0.05, 0.1) is 5.56 Å². The van der Waals surface area contributed by atoms with Crippen LogP contribution in [0, 0.1) is 5.92 Å². The van der Waals surface area contributed by atoms with Crippen molar-refractivity contribution < 1.29 is 13.2 Å². The monoisotopic (exact) mass is 285 g/mol. The minimum atomic E-state index is -4.25. The quantitative estimate of drug-likeness (QED) is 0.808. The Morgan fingerprint density at radius 2 is 1.75 bits per heavy atom. The molecule has 0 radical (unpaired) electrons. The predicted octanol–water partition coefficient (Wildman–Crippen LogP) is 4.94. The van der Waals surface area contributed by atoms with E-state index in [1.165, 1.54) is 37.8 Å². The second-order valence-corrected chi connectivity index (χ2v) is 5.60. The average Bonchev–Trinajstić information content (AvgIpc) is 2.93. The van der Waals surface area contributed by atoms with E-state index >= 15 is 0 Å². The zero-order valence-electron chi connectivity index (χ0n) is 11.8. The first-order valence-corrected chi connectivity index (χ1v) is 7.43. The van der Waals surface area contributed by atoms with Crippen LogP contribution in [0.15, 0.2) is 24.3 Å². The summed E-state index contributed by atoms with van der Waals surface area (Å²) in [4.78, 5) is 0. The molecule has 1 nitrogen and oxygen atoms in total. The lowest BCUT2D eigenvalue weighted by molar-refractivity contribution is -0.137. The Morgan fingerprint density at radius 1 is 1.15 bits per heavy atom. The molecule has 1 aliphatic carbocycles. The third-order valence-corrected chi connectivity index (χ3v) is 4.08. The summed E-state index contributed by atoms with van der Waals surface area (Å²) in [7, 11) is 0. The summed E-state index contributed by atoms with van der Waals surface area (Å²) in [6.45, 7) is 3.01. The molecule has 0 saturated heterocycles. The molecule has 1 fully saturated rings. The van der Waals surface area contributed by atoms with Crippen molar-refractivity contribution in [2.24, 2.45) is 5.92 Å². The predicted molar refractivity (Wildman–Crippen MR) is 74.4 cm³/mol. The molecule has 1 aromatic rings. The largest absolute Gasteiger partial charge is 0.416 e. The Bertz CT molecular complexity index is 405. The van der Waals surface area contributed by atoms with Gasteiger partial charge in [-0.25, -0.2) is 0 Å². The summed E-state index contributed by atoms with van der Waals surface area (Å²) in [5.41, 5.74) is 0.417. The first kappa shape index (κ1) is 15.4. The van der Waals surface area contributed by atoms with Gasteiger partial charge >= 0.3 is 6.18 Å². The minimum absolute atomic E-state index is 0.194. The van der Waals surface area contributed by atoms with Crippen LogP contribution < -0.4 is 5.32 Å². The van der Waals surface area contributed by atoms with Crippen LogP contribution in [0.5, 0.6) is 0 Å². The molecule has 112 valence electrons. The van der Waals surface area contributed by atoms with Crippen molar-refractivity contribution in [2.45, 2.75) is 51.2 Å². The van der Waals surface area contributed by atoms with Crippen molar-refractivity contribution >= 4 is 0 Å². The van der Waals surface area contributed by atoms with Crippen molar-refractivity contribution in [3.8, 4) is 0 Å². The standard InChI is InChI=1S/C16H22F3N/c1-2-11-20-15(12-5-3-4-6-12)13-7-9-14(10-8-13)16(17,18)19/h7-10,12,15,20H,2-6,11H2,1H3. The van der Waals surface area contributed by atoms with E-state index in [1.54, 1.807) is 12.1 Å². The fourth-order valence-corrected chi connectivity index (χ4v) is 3.03. The fourth-order valence-electron chi connectivity index (χ4n) is 3.03. The fraction of sp³-hybridized carbons (Fsp3) is 0.625. The molecule has 1 aromatic carbocycles. The topological polar surface area (TPSA) is 12.0 Å². The lowest BCUT2D eigenvalue weighted by Crippen LogP contribution is -2.27. The van der Waals surface area contributed by atoms with Crippen LogP contribution in [-0.2, 0) is 6.18 Å². The van der Waals surface area contributed by atoms with Crippen molar-refractivity contribution in [3.05, 3.63) is 35.4 Å². The maximum Gasteiger partial charge on any atom is 0.416 e. The zero-order chi connectivity index (χ0) is 14.6. The van der Waals surface area contributed by atoms with Crippen molar-refractivity contribution in [2.75, 3.05) is 6.54 Å². The summed E-state index contributed by atoms with van der Waals surface area (Å²) in [6, 6.07) is 5.86. The van der Waals surface area contributed by atoms with Crippen LogP contribution in [0.2, 0.25) is 0 Å². The molecule has 0 aromatic heterocycles. The first-order valence-electron chi connectivity index (χ1n) is 7.43. The normalized spacial score (nSPS) is 18.4. The van der Waals surface area contributed by atoms with Gasteiger partial charge in [0.15, 0.2) is 0 Å². The molecule has 0 heterocycles. The maximum absolute atomic E-state index is 12.6. The molecule has 0 spiro atoms. The highest BCUT2D eigenvalue weighted by atomic mass is 19.4. The lowest BCUT2D eigenvalue weighted by atomic mass is 9.91. The Hall–Kier alpha value is -1.03. The van der Waals surface area contributed by atoms with Gasteiger partial charge in [0.1, 0.15) is 0 Å². The van der Waals surface area contributed by atoms with Gasteiger partial charge in [-0.3, -0.25) is 0 Å². The van der Waals surface area contributed by atoms with Gasteiger partial charge in [0.2, 0.25) is 0 Å². The third-order valence-electron chi connectivity index (χ3n) is 4.08. The van der Waals surface area contributed by atoms with Crippen LogP contribution in [0.3, 0.4) is 0 Å². The molecular formula is C16H22F3N. The number of benzene rings is 1. The summed E-state index contributed by atoms with van der Waals surface area (Å²) in [6.07, 6.45) is 1.58. The first-order chi connectivity index (χ1) is 9.52. The van der Waals surface area contributed by atoms with Crippen LogP contribution in [0.25, 0.3) is 0 Å². The van der Waals surface area contributed by atoms with E-state index in [2.05, 4.69) is 12.2 Å². The highest BCUT2D eigenvalue weighted by Gasteiger charge is 2.31. The Morgan fingerprint density at radius 3 is 2.25 bits per heavy atom. The van der Waals surface area contributed by atoms with Crippen LogP contribution >= 0.6 is 0 Å². The number of nitrogens with one attached hydrogen (secondary N) is 1. The Labute approximate surface area is 118 Å². The van der Waals surface area contributed by atoms with Gasteiger partial charge in [-0.1, -0.05) is 31.9 Å². The third kappa shape index (κ3) is 3.75. The highest BCUT2D eigenvalue weighted by Crippen LogP contribution is 2.37. The van der Waals surface area contributed by atoms with Gasteiger partial charge in [-0.2, -0.15) is 13.2 Å². The maximum atomic E-state index is 12.6. The van der Waals surface area contributed by atoms with Gasteiger partial charge in [-0.15, -0.1) is 0 Å². The average molecular weight is 285 g/mol. The summed E-state index contributed by atoms with van der Waals surface area (Å²) in [5, 5.41) is 3.50. The van der Waals surface area contributed by atoms with Gasteiger partial charge in [0, 0.05) is 6.04 Å². The van der Waals surface area contributed by atoms with E-state index in [1.807, 2.05) is 0 Å². The molecule has 0 bridgehead atoms. The van der Waals surface area contributed by atoms with Crippen LogP contribution in [-0.4, -0.2) is 6.54 Å². The van der Waals surface area contributed by atoms with Gasteiger partial charge < -0.3 is 5.32 Å². The van der Waals surface area contributed by atoms with E-state index in [0.29, 0.717) is 5.92 Å². The van der Waals surface area contributed by atoms with E-state index in [0.717, 1.165) is 18.5 Å². The molecule has 0 aliphatic heterocycles. The molecular weight excluding hydrogens is 263 g/mol. The number of alkyl halides is 3. The van der Waals surface area contributed by atoms with E-state index < -0.39 is 11.7 Å². The highest BCUT2D eigenvalue weighted by molar-refractivity contribution is 5.27. The second-order valence-electron chi connectivity index (χ2n) is 5.60. The van der Waals surface area contributed by atoms with Crippen LogP contribution in [0.1, 0.15) is 56.2 Å². The van der Waals surface area contributed by atoms with Crippen molar-refractivity contribution in [1.29, 1.82) is 0 Å². The number of halogens is 3. The smallest absolute Gasteiger partial charge is 0.310 e. The van der Waals surface area contributed by atoms with E-state index in [4.69, 9.17) is 0 Å². The van der Waals surface area contributed by atoms with Crippen LogP contribution in [0.4, 0.5) is 13.2 Å². The Balaban J connectivity index is 2.15. The zero-order valence-corrected chi connectivity index (χ0v) is 11.8. The summed E-state index contributed by atoms with van der Waals surface area (Å²) >= 11 is 0. The molecule has 1 atom stereocenters. The molecule has 4 heteroatoms. The number of hydrogen-bond donors (Lipinski definition) is 1. The van der Waals surface area contributed by atoms with Crippen molar-refractivity contribution in [3.63, 3.8) is 0 Å². The number of hydrogen-bond acceptors (Lipinski definition) is 1. The van der Waals surface area contributed by atoms with Gasteiger partial charge in [-0.05, 0) is 49.4 Å². The molecule has 1 saturated carbocycles. The minimum Gasteiger partial charge on any atom is -0.310 e. The van der Waals surface area contributed by atoms with Crippen molar-refractivity contribution in [1.82, 2.24) is 5.32 Å². The molecule has 1 aliphatic rings. The van der Waals surface area contributed by atoms with Gasteiger partial charge in [0.25, 0.3) is 0 Å². The SMILES string of the molecule is CCCNC(c1ccc(C(F)(F)F)cc1)C1CCCC1. The van der Waals surface area contributed by atoms with E-state index in [9.17, 15) is 13.2 Å². The molecule has 2 rings (SSSR count).